The Morgan fingerprint density at radius 3 is 2.06 bits per heavy atom. The second-order valence-corrected chi connectivity index (χ2v) is 4.43. The molecule has 0 aliphatic heterocycles. The molecule has 0 saturated heterocycles. The van der Waals surface area contributed by atoms with Crippen molar-refractivity contribution in [3.8, 4) is 0 Å². The van der Waals surface area contributed by atoms with Crippen molar-refractivity contribution >= 4 is 5.91 Å². The van der Waals surface area contributed by atoms with Crippen LogP contribution in [-0.2, 0) is 16.4 Å². The molecule has 1 aromatic rings. The van der Waals surface area contributed by atoms with Crippen molar-refractivity contribution in [3.05, 3.63) is 35.1 Å². The molecule has 0 spiro atoms. The fraction of sp³-hybridized carbons (Fsp3) is 0.417. The SMILES string of the molecule is CNC(=O)C(C)(C)c1cc(F)cc(C(F)(F)F)c1. The van der Waals surface area contributed by atoms with Gasteiger partial charge in [-0.2, -0.15) is 13.2 Å². The van der Waals surface area contributed by atoms with E-state index in [1.54, 1.807) is 0 Å². The average Bonchev–Trinajstić information content (AvgIpc) is 2.25. The quantitative estimate of drug-likeness (QED) is 0.817. The maximum Gasteiger partial charge on any atom is 0.416 e. The van der Waals surface area contributed by atoms with Crippen molar-refractivity contribution in [2.45, 2.75) is 25.4 Å². The highest BCUT2D eigenvalue weighted by molar-refractivity contribution is 5.87. The normalized spacial score (nSPS) is 12.4. The Hall–Kier alpha value is -1.59. The molecule has 100 valence electrons. The molecule has 1 amide bonds. The lowest BCUT2D eigenvalue weighted by Gasteiger charge is -2.24. The Morgan fingerprint density at radius 2 is 1.61 bits per heavy atom. The van der Waals surface area contributed by atoms with Crippen LogP contribution >= 0.6 is 0 Å². The molecule has 1 rings (SSSR count). The van der Waals surface area contributed by atoms with Crippen LogP contribution < -0.4 is 5.32 Å². The summed E-state index contributed by atoms with van der Waals surface area (Å²) < 4.78 is 50.9. The standard InChI is InChI=1S/C12H13F4NO/c1-11(2,10(18)17-3)7-4-8(12(14,15)16)6-9(13)5-7/h4-6H,1-3H3,(H,17,18). The summed E-state index contributed by atoms with van der Waals surface area (Å²) in [7, 11) is 1.37. The third kappa shape index (κ3) is 2.80. The van der Waals surface area contributed by atoms with E-state index >= 15 is 0 Å². The molecular weight excluding hydrogens is 250 g/mol. The number of carbonyl (C=O) groups excluding carboxylic acids is 1. The van der Waals surface area contributed by atoms with Gasteiger partial charge in [0.15, 0.2) is 0 Å². The zero-order valence-corrected chi connectivity index (χ0v) is 10.2. The van der Waals surface area contributed by atoms with Gasteiger partial charge in [0.2, 0.25) is 5.91 Å². The van der Waals surface area contributed by atoms with Gasteiger partial charge in [-0.3, -0.25) is 4.79 Å². The van der Waals surface area contributed by atoms with Crippen LogP contribution in [0.2, 0.25) is 0 Å². The van der Waals surface area contributed by atoms with E-state index in [1.165, 1.54) is 20.9 Å². The largest absolute Gasteiger partial charge is 0.416 e. The third-order valence-electron chi connectivity index (χ3n) is 2.74. The zero-order chi connectivity index (χ0) is 14.1. The van der Waals surface area contributed by atoms with Crippen molar-refractivity contribution in [2.75, 3.05) is 7.05 Å². The average molecular weight is 263 g/mol. The Labute approximate surface area is 102 Å². The summed E-state index contributed by atoms with van der Waals surface area (Å²) >= 11 is 0. The van der Waals surface area contributed by atoms with E-state index < -0.39 is 28.9 Å². The number of halogens is 4. The van der Waals surface area contributed by atoms with Gasteiger partial charge in [0.25, 0.3) is 0 Å². The number of hydrogen-bond donors (Lipinski definition) is 1. The minimum absolute atomic E-state index is 0.0193. The molecule has 0 bridgehead atoms. The van der Waals surface area contributed by atoms with Gasteiger partial charge >= 0.3 is 6.18 Å². The molecule has 0 atom stereocenters. The Bertz CT molecular complexity index is 466. The maximum absolute atomic E-state index is 13.2. The lowest BCUT2D eigenvalue weighted by Crippen LogP contribution is -2.38. The van der Waals surface area contributed by atoms with Gasteiger partial charge in [-0.25, -0.2) is 4.39 Å². The van der Waals surface area contributed by atoms with Crippen molar-refractivity contribution in [2.24, 2.45) is 0 Å². The summed E-state index contributed by atoms with van der Waals surface area (Å²) in [6, 6.07) is 2.13. The molecule has 0 fully saturated rings. The molecule has 0 radical (unpaired) electrons. The van der Waals surface area contributed by atoms with Crippen LogP contribution in [0.15, 0.2) is 18.2 Å². The van der Waals surface area contributed by atoms with E-state index in [-0.39, 0.29) is 5.56 Å². The van der Waals surface area contributed by atoms with Gasteiger partial charge < -0.3 is 5.32 Å². The fourth-order valence-electron chi connectivity index (χ4n) is 1.56. The van der Waals surface area contributed by atoms with E-state index in [1.807, 2.05) is 0 Å². The molecule has 1 aromatic carbocycles. The van der Waals surface area contributed by atoms with Crippen molar-refractivity contribution < 1.29 is 22.4 Å². The Morgan fingerprint density at radius 1 is 1.11 bits per heavy atom. The van der Waals surface area contributed by atoms with E-state index in [0.717, 1.165) is 12.1 Å². The van der Waals surface area contributed by atoms with Crippen molar-refractivity contribution in [1.29, 1.82) is 0 Å². The number of carbonyl (C=O) groups is 1. The third-order valence-corrected chi connectivity index (χ3v) is 2.74. The second-order valence-electron chi connectivity index (χ2n) is 4.43. The van der Waals surface area contributed by atoms with Crippen molar-refractivity contribution in [3.63, 3.8) is 0 Å². The number of hydrogen-bond acceptors (Lipinski definition) is 1. The van der Waals surface area contributed by atoms with Gasteiger partial charge in [-0.05, 0) is 37.6 Å². The van der Waals surface area contributed by atoms with Gasteiger partial charge in [-0.15, -0.1) is 0 Å². The van der Waals surface area contributed by atoms with Gasteiger partial charge in [0.05, 0.1) is 11.0 Å². The summed E-state index contributed by atoms with van der Waals surface area (Å²) in [5.41, 5.74) is -2.36. The fourth-order valence-corrected chi connectivity index (χ4v) is 1.56. The van der Waals surface area contributed by atoms with Gasteiger partial charge in [0, 0.05) is 7.05 Å². The molecule has 18 heavy (non-hydrogen) atoms. The summed E-state index contributed by atoms with van der Waals surface area (Å²) in [4.78, 5) is 11.6. The van der Waals surface area contributed by atoms with Crippen LogP contribution in [-0.4, -0.2) is 13.0 Å². The first-order chi connectivity index (χ1) is 8.09. The topological polar surface area (TPSA) is 29.1 Å². The highest BCUT2D eigenvalue weighted by atomic mass is 19.4. The Kier molecular flexibility index (Phi) is 3.69. The predicted molar refractivity (Wildman–Crippen MR) is 58.5 cm³/mol. The number of likely N-dealkylation sites (N-methyl/N-ethyl adjacent to an activating group) is 1. The first kappa shape index (κ1) is 14.5. The second kappa shape index (κ2) is 4.59. The molecule has 0 saturated carbocycles. The number of amides is 1. The molecule has 0 unspecified atom stereocenters. The van der Waals surface area contributed by atoms with E-state index in [2.05, 4.69) is 5.32 Å². The first-order valence-electron chi connectivity index (χ1n) is 5.19. The zero-order valence-electron chi connectivity index (χ0n) is 10.2. The molecule has 0 aliphatic carbocycles. The molecule has 2 nitrogen and oxygen atoms in total. The number of nitrogens with one attached hydrogen (secondary N) is 1. The molecule has 6 heteroatoms. The number of rotatable bonds is 2. The van der Waals surface area contributed by atoms with Crippen LogP contribution in [0.3, 0.4) is 0 Å². The predicted octanol–water partition coefficient (Wildman–Crippen LogP) is 2.87. The molecule has 1 N–H and O–H groups in total. The number of benzene rings is 1. The van der Waals surface area contributed by atoms with E-state index in [0.29, 0.717) is 6.07 Å². The summed E-state index contributed by atoms with van der Waals surface area (Å²) in [6.45, 7) is 2.86. The van der Waals surface area contributed by atoms with Crippen molar-refractivity contribution in [1.82, 2.24) is 5.32 Å². The summed E-state index contributed by atoms with van der Waals surface area (Å²) in [5.74, 6) is -1.50. The molecule has 0 aromatic heterocycles. The first-order valence-corrected chi connectivity index (χ1v) is 5.19. The van der Waals surface area contributed by atoms with Gasteiger partial charge in [-0.1, -0.05) is 0 Å². The lowest BCUT2D eigenvalue weighted by molar-refractivity contribution is -0.138. The van der Waals surface area contributed by atoms with Crippen LogP contribution in [0.5, 0.6) is 0 Å². The number of alkyl halides is 3. The lowest BCUT2D eigenvalue weighted by atomic mass is 9.83. The van der Waals surface area contributed by atoms with Crippen LogP contribution in [0.1, 0.15) is 25.0 Å². The van der Waals surface area contributed by atoms with Crippen LogP contribution in [0, 0.1) is 5.82 Å². The van der Waals surface area contributed by atoms with Crippen LogP contribution in [0.25, 0.3) is 0 Å². The van der Waals surface area contributed by atoms with E-state index in [4.69, 9.17) is 0 Å². The summed E-state index contributed by atoms with van der Waals surface area (Å²) in [5, 5.41) is 2.34. The summed E-state index contributed by atoms with van der Waals surface area (Å²) in [6.07, 6.45) is -4.64. The minimum Gasteiger partial charge on any atom is -0.358 e. The minimum atomic E-state index is -4.64. The monoisotopic (exact) mass is 263 g/mol. The maximum atomic E-state index is 13.2. The van der Waals surface area contributed by atoms with Crippen LogP contribution in [0.4, 0.5) is 17.6 Å². The highest BCUT2D eigenvalue weighted by Gasteiger charge is 2.35. The van der Waals surface area contributed by atoms with E-state index in [9.17, 15) is 22.4 Å². The van der Waals surface area contributed by atoms with Gasteiger partial charge in [0.1, 0.15) is 5.82 Å². The Balaban J connectivity index is 3.35. The smallest absolute Gasteiger partial charge is 0.358 e. The molecular formula is C12H13F4NO. The molecule has 0 heterocycles. The highest BCUT2D eigenvalue weighted by Crippen LogP contribution is 2.33. The molecule has 0 aliphatic rings.